The van der Waals surface area contributed by atoms with Gasteiger partial charge < -0.3 is 30.7 Å². The van der Waals surface area contributed by atoms with Crippen LogP contribution in [0.25, 0.3) is 0 Å². The lowest BCUT2D eigenvalue weighted by atomic mass is 9.98. The van der Waals surface area contributed by atoms with Crippen LogP contribution in [0.4, 0.5) is 4.79 Å². The molecule has 1 saturated carbocycles. The number of urea groups is 1. The van der Waals surface area contributed by atoms with Gasteiger partial charge in [0.1, 0.15) is 23.7 Å². The molecule has 5 N–H and O–H groups in total. The first kappa shape index (κ1) is 21.4. The number of carbonyl (C=O) groups is 1. The molecule has 3 rings (SSSR count). The molecule has 1 aliphatic carbocycles. The number of aliphatic hydroxyl groups excluding tert-OH is 3. The number of aliphatic hydroxyl groups is 3. The van der Waals surface area contributed by atoms with E-state index >= 15 is 0 Å². The number of nitrogens with one attached hydrogen (secondary N) is 2. The van der Waals surface area contributed by atoms with Gasteiger partial charge in [0.25, 0.3) is 0 Å². The molecule has 156 valence electrons. The van der Waals surface area contributed by atoms with Crippen LogP contribution < -0.4 is 10.6 Å². The molecule has 2 amide bonds. The maximum atomic E-state index is 12.4. The smallest absolute Gasteiger partial charge is 0.315 e. The first-order valence-corrected chi connectivity index (χ1v) is 10.9. The fourth-order valence-electron chi connectivity index (χ4n) is 3.72. The molecule has 28 heavy (non-hydrogen) atoms. The lowest BCUT2D eigenvalue weighted by molar-refractivity contribution is -0.169. The maximum absolute atomic E-state index is 12.4. The van der Waals surface area contributed by atoms with Crippen molar-refractivity contribution in [3.63, 3.8) is 0 Å². The van der Waals surface area contributed by atoms with Gasteiger partial charge in [-0.3, -0.25) is 0 Å². The molecule has 7 nitrogen and oxygen atoms in total. The minimum atomic E-state index is -1.26. The molecule has 1 aliphatic heterocycles. The Morgan fingerprint density at radius 2 is 1.82 bits per heavy atom. The number of carbonyl (C=O) groups excluding carboxylic acids is 1. The van der Waals surface area contributed by atoms with Crippen molar-refractivity contribution in [3.8, 4) is 0 Å². The van der Waals surface area contributed by atoms with Crippen LogP contribution >= 0.6 is 11.8 Å². The predicted octanol–water partition coefficient (Wildman–Crippen LogP) is 1.36. The molecular weight excluding hydrogens is 380 g/mol. The van der Waals surface area contributed by atoms with Crippen molar-refractivity contribution in [2.45, 2.75) is 73.7 Å². The summed E-state index contributed by atoms with van der Waals surface area (Å²) in [5, 5.41) is 36.2. The fraction of sp³-hybridized carbons (Fsp3) is 0.650. The molecule has 1 heterocycles. The standard InChI is InChI=1S/C20H30N2O5S/c23-12-15-17(24)18(25)16(19(27-15)28-14-9-5-2-6-10-14)22-20(26)21-11-13-7-3-1-4-8-13/h1,3-4,7-8,14-19,23-25H,2,5-6,9-12H2,(H2,21,22,26)/t15-,16-,17-,18-,19-/m1/s1. The zero-order valence-electron chi connectivity index (χ0n) is 15.9. The van der Waals surface area contributed by atoms with Crippen molar-refractivity contribution in [3.05, 3.63) is 35.9 Å². The monoisotopic (exact) mass is 410 g/mol. The number of rotatable bonds is 6. The highest BCUT2D eigenvalue weighted by atomic mass is 32.2. The number of ether oxygens (including phenoxy) is 1. The SMILES string of the molecule is O=C(NCc1ccccc1)N[C@@H]1[C@@H](O)[C@H](O)[C@@H](CO)O[C@@H]1SC1CCCCC1. The van der Waals surface area contributed by atoms with Gasteiger partial charge in [0.05, 0.1) is 12.6 Å². The predicted molar refractivity (Wildman–Crippen MR) is 108 cm³/mol. The summed E-state index contributed by atoms with van der Waals surface area (Å²) in [6.07, 6.45) is 2.36. The summed E-state index contributed by atoms with van der Waals surface area (Å²) in [5.74, 6) is 0. The van der Waals surface area contributed by atoms with Crippen molar-refractivity contribution < 1.29 is 24.9 Å². The summed E-state index contributed by atoms with van der Waals surface area (Å²) in [7, 11) is 0. The van der Waals surface area contributed by atoms with Crippen LogP contribution in [0.2, 0.25) is 0 Å². The van der Waals surface area contributed by atoms with Crippen LogP contribution in [0.15, 0.2) is 30.3 Å². The van der Waals surface area contributed by atoms with Crippen LogP contribution in [0.1, 0.15) is 37.7 Å². The molecule has 1 aromatic rings. The number of benzene rings is 1. The minimum Gasteiger partial charge on any atom is -0.394 e. The lowest BCUT2D eigenvalue weighted by Gasteiger charge is -2.43. The number of hydrogen-bond donors (Lipinski definition) is 5. The van der Waals surface area contributed by atoms with Crippen molar-refractivity contribution in [1.29, 1.82) is 0 Å². The van der Waals surface area contributed by atoms with E-state index in [0.29, 0.717) is 11.8 Å². The van der Waals surface area contributed by atoms with Crippen molar-refractivity contribution in [2.75, 3.05) is 6.61 Å². The third kappa shape index (κ3) is 5.61. The van der Waals surface area contributed by atoms with E-state index in [-0.39, 0.29) is 6.61 Å². The molecule has 1 saturated heterocycles. The van der Waals surface area contributed by atoms with E-state index < -0.39 is 35.8 Å². The minimum absolute atomic E-state index is 0.360. The fourth-order valence-corrected chi connectivity index (χ4v) is 5.31. The summed E-state index contributed by atoms with van der Waals surface area (Å²) in [4.78, 5) is 12.4. The second-order valence-electron chi connectivity index (χ2n) is 7.44. The highest BCUT2D eigenvalue weighted by molar-refractivity contribution is 8.00. The average molecular weight is 411 g/mol. The molecule has 8 heteroatoms. The van der Waals surface area contributed by atoms with Gasteiger partial charge in [-0.05, 0) is 18.4 Å². The Morgan fingerprint density at radius 1 is 1.11 bits per heavy atom. The highest BCUT2D eigenvalue weighted by Crippen LogP contribution is 2.36. The highest BCUT2D eigenvalue weighted by Gasteiger charge is 2.45. The second-order valence-corrected chi connectivity index (χ2v) is 8.84. The third-order valence-corrected chi connectivity index (χ3v) is 6.88. The van der Waals surface area contributed by atoms with Gasteiger partial charge in [-0.1, -0.05) is 49.6 Å². The molecule has 0 radical (unpaired) electrons. The van der Waals surface area contributed by atoms with E-state index in [4.69, 9.17) is 4.74 Å². The number of amides is 2. The molecule has 2 fully saturated rings. The Bertz CT molecular complexity index is 614. The van der Waals surface area contributed by atoms with Gasteiger partial charge in [-0.15, -0.1) is 11.8 Å². The quantitative estimate of drug-likeness (QED) is 0.484. The van der Waals surface area contributed by atoms with Crippen molar-refractivity contribution >= 4 is 17.8 Å². The van der Waals surface area contributed by atoms with Gasteiger partial charge >= 0.3 is 6.03 Å². The molecule has 0 spiro atoms. The summed E-state index contributed by atoms with van der Waals surface area (Å²) in [6.45, 7) is -0.0223. The molecular formula is C20H30N2O5S. The molecule has 0 unspecified atom stereocenters. The van der Waals surface area contributed by atoms with Crippen LogP contribution in [-0.4, -0.2) is 63.0 Å². The normalized spacial score (nSPS) is 31.3. The zero-order valence-corrected chi connectivity index (χ0v) is 16.7. The van der Waals surface area contributed by atoms with Gasteiger partial charge in [-0.2, -0.15) is 0 Å². The molecule has 1 aromatic carbocycles. The largest absolute Gasteiger partial charge is 0.394 e. The Morgan fingerprint density at radius 3 is 2.50 bits per heavy atom. The van der Waals surface area contributed by atoms with E-state index in [1.807, 2.05) is 30.3 Å². The van der Waals surface area contributed by atoms with E-state index in [9.17, 15) is 20.1 Å². The van der Waals surface area contributed by atoms with E-state index in [2.05, 4.69) is 10.6 Å². The Labute approximate surface area is 169 Å². The van der Waals surface area contributed by atoms with E-state index in [1.54, 1.807) is 11.8 Å². The van der Waals surface area contributed by atoms with Crippen LogP contribution in [0.3, 0.4) is 0 Å². The topological polar surface area (TPSA) is 111 Å². The Balaban J connectivity index is 1.62. The van der Waals surface area contributed by atoms with Crippen LogP contribution in [0.5, 0.6) is 0 Å². The Kier molecular flexibility index (Phi) is 7.99. The molecule has 0 aromatic heterocycles. The molecule has 2 aliphatic rings. The molecule has 0 bridgehead atoms. The third-order valence-electron chi connectivity index (χ3n) is 5.35. The van der Waals surface area contributed by atoms with E-state index in [0.717, 1.165) is 31.2 Å². The van der Waals surface area contributed by atoms with Crippen molar-refractivity contribution in [2.24, 2.45) is 0 Å². The molecule has 5 atom stereocenters. The van der Waals surface area contributed by atoms with Crippen LogP contribution in [-0.2, 0) is 11.3 Å². The number of thioether (sulfide) groups is 1. The van der Waals surface area contributed by atoms with Crippen molar-refractivity contribution in [1.82, 2.24) is 10.6 Å². The van der Waals surface area contributed by atoms with Crippen LogP contribution in [0, 0.1) is 0 Å². The Hall–Kier alpha value is -1.32. The zero-order chi connectivity index (χ0) is 19.9. The summed E-state index contributed by atoms with van der Waals surface area (Å²) >= 11 is 1.58. The van der Waals surface area contributed by atoms with Gasteiger partial charge in [-0.25, -0.2) is 4.79 Å². The first-order valence-electron chi connectivity index (χ1n) is 9.94. The van der Waals surface area contributed by atoms with Gasteiger partial charge in [0, 0.05) is 11.8 Å². The number of hydrogen-bond acceptors (Lipinski definition) is 6. The summed E-state index contributed by atoms with van der Waals surface area (Å²) in [5.41, 5.74) is 0.438. The second kappa shape index (κ2) is 10.5. The average Bonchev–Trinajstić information content (AvgIpc) is 2.73. The van der Waals surface area contributed by atoms with E-state index in [1.165, 1.54) is 6.42 Å². The summed E-state index contributed by atoms with van der Waals surface area (Å²) in [6, 6.07) is 8.34. The first-order chi connectivity index (χ1) is 13.6. The van der Waals surface area contributed by atoms with Gasteiger partial charge in [0.15, 0.2) is 0 Å². The lowest BCUT2D eigenvalue weighted by Crippen LogP contribution is -2.64. The summed E-state index contributed by atoms with van der Waals surface area (Å²) < 4.78 is 5.86. The maximum Gasteiger partial charge on any atom is 0.315 e. The van der Waals surface area contributed by atoms with Gasteiger partial charge in [0.2, 0.25) is 0 Å².